The SMILES string of the molecule is C[C@H]1C[C@@H](O)c2c(S(=N)(=O)C(F)(F)F)ccc(Oc3cc(F)cc(C#N)c3)c21. The molecular weight excluding hydrogens is 400 g/mol. The molecule has 0 saturated carbocycles. The second-order valence-corrected chi connectivity index (χ2v) is 8.45. The molecule has 0 radical (unpaired) electrons. The predicted octanol–water partition coefficient (Wildman–Crippen LogP) is 4.96. The molecule has 2 N–H and O–H groups in total. The molecule has 28 heavy (non-hydrogen) atoms. The highest BCUT2D eigenvalue weighted by Gasteiger charge is 2.47. The van der Waals surface area contributed by atoms with E-state index in [9.17, 15) is 26.9 Å². The number of nitrogens with zero attached hydrogens (tertiary/aromatic N) is 1. The van der Waals surface area contributed by atoms with Crippen LogP contribution in [0.2, 0.25) is 0 Å². The molecule has 5 nitrogen and oxygen atoms in total. The summed E-state index contributed by atoms with van der Waals surface area (Å²) < 4.78 is 78.1. The van der Waals surface area contributed by atoms with E-state index in [4.69, 9.17) is 14.8 Å². The largest absolute Gasteiger partial charge is 0.483 e. The molecule has 148 valence electrons. The molecule has 0 heterocycles. The van der Waals surface area contributed by atoms with E-state index in [1.54, 1.807) is 13.0 Å². The lowest BCUT2D eigenvalue weighted by Gasteiger charge is -2.19. The second-order valence-electron chi connectivity index (χ2n) is 6.43. The molecule has 10 heteroatoms. The summed E-state index contributed by atoms with van der Waals surface area (Å²) in [5, 5.41) is 19.2. The number of nitrogens with one attached hydrogen (secondary N) is 1. The zero-order chi connectivity index (χ0) is 20.9. The van der Waals surface area contributed by atoms with Crippen molar-refractivity contribution < 1.29 is 31.6 Å². The fourth-order valence-electron chi connectivity index (χ4n) is 3.30. The predicted molar refractivity (Wildman–Crippen MR) is 90.8 cm³/mol. The second kappa shape index (κ2) is 6.76. The summed E-state index contributed by atoms with van der Waals surface area (Å²) in [5.74, 6) is -1.20. The minimum Gasteiger partial charge on any atom is -0.457 e. The fourth-order valence-corrected chi connectivity index (χ4v) is 4.36. The Kier molecular flexibility index (Phi) is 4.85. The third kappa shape index (κ3) is 3.31. The van der Waals surface area contributed by atoms with Gasteiger partial charge in [0.15, 0.2) is 9.73 Å². The summed E-state index contributed by atoms with van der Waals surface area (Å²) in [6.07, 6.45) is -1.29. The number of hydrogen-bond acceptors (Lipinski definition) is 5. The number of alkyl halides is 3. The van der Waals surface area contributed by atoms with Crippen LogP contribution < -0.4 is 4.74 Å². The molecule has 2 aromatic carbocycles. The Bertz CT molecular complexity index is 1090. The lowest BCUT2D eigenvalue weighted by Crippen LogP contribution is -2.23. The van der Waals surface area contributed by atoms with E-state index in [0.29, 0.717) is 0 Å². The van der Waals surface area contributed by atoms with Crippen LogP contribution in [0.3, 0.4) is 0 Å². The fraction of sp³-hybridized carbons (Fsp3) is 0.278. The molecule has 1 aliphatic rings. The monoisotopic (exact) mass is 414 g/mol. The summed E-state index contributed by atoms with van der Waals surface area (Å²) >= 11 is 0. The number of rotatable bonds is 3. The average Bonchev–Trinajstić information content (AvgIpc) is 2.88. The molecule has 1 aliphatic carbocycles. The van der Waals surface area contributed by atoms with Gasteiger partial charge in [0.25, 0.3) is 0 Å². The van der Waals surface area contributed by atoms with Crippen molar-refractivity contribution in [3.8, 4) is 17.6 Å². The van der Waals surface area contributed by atoms with Gasteiger partial charge in [0.2, 0.25) is 0 Å². The van der Waals surface area contributed by atoms with Gasteiger partial charge in [-0.1, -0.05) is 6.92 Å². The van der Waals surface area contributed by atoms with Crippen molar-refractivity contribution in [3.05, 3.63) is 52.8 Å². The van der Waals surface area contributed by atoms with Gasteiger partial charge in [-0.2, -0.15) is 18.4 Å². The molecular formula is C18H14F4N2O3S. The molecule has 0 aromatic heterocycles. The maximum atomic E-state index is 13.6. The van der Waals surface area contributed by atoms with Crippen LogP contribution in [0.15, 0.2) is 35.2 Å². The highest BCUT2D eigenvalue weighted by atomic mass is 32.2. The smallest absolute Gasteiger partial charge is 0.457 e. The van der Waals surface area contributed by atoms with Crippen molar-refractivity contribution in [3.63, 3.8) is 0 Å². The average molecular weight is 414 g/mol. The summed E-state index contributed by atoms with van der Waals surface area (Å²) in [7, 11) is -5.18. The first-order chi connectivity index (χ1) is 13.0. The summed E-state index contributed by atoms with van der Waals surface area (Å²) in [4.78, 5) is -0.809. The van der Waals surface area contributed by atoms with Gasteiger partial charge in [-0.05, 0) is 36.6 Å². The van der Waals surface area contributed by atoms with Crippen LogP contribution >= 0.6 is 0 Å². The highest BCUT2D eigenvalue weighted by molar-refractivity contribution is 7.93. The van der Waals surface area contributed by atoms with Crippen molar-refractivity contribution >= 4 is 9.73 Å². The summed E-state index contributed by atoms with van der Waals surface area (Å²) in [6, 6.07) is 6.95. The van der Waals surface area contributed by atoms with Crippen LogP contribution in [-0.2, 0) is 9.73 Å². The lowest BCUT2D eigenvalue weighted by molar-refractivity contribution is -0.0407. The van der Waals surface area contributed by atoms with Gasteiger partial charge < -0.3 is 9.84 Å². The Labute approximate surface area is 158 Å². The molecule has 0 amide bonds. The highest BCUT2D eigenvalue weighted by Crippen LogP contribution is 2.50. The quantitative estimate of drug-likeness (QED) is 0.695. The summed E-state index contributed by atoms with van der Waals surface area (Å²) in [5.41, 5.74) is -5.39. The maximum Gasteiger partial charge on any atom is 0.483 e. The molecule has 1 unspecified atom stereocenters. The Morgan fingerprint density at radius 2 is 1.96 bits per heavy atom. The summed E-state index contributed by atoms with van der Waals surface area (Å²) in [6.45, 7) is 1.64. The van der Waals surface area contributed by atoms with Crippen LogP contribution in [0.25, 0.3) is 0 Å². The maximum absolute atomic E-state index is 13.6. The van der Waals surface area contributed by atoms with E-state index in [0.717, 1.165) is 24.3 Å². The first-order valence-corrected chi connectivity index (χ1v) is 9.60. The van der Waals surface area contributed by atoms with Crippen molar-refractivity contribution in [2.24, 2.45) is 0 Å². The number of hydrogen-bond donors (Lipinski definition) is 2. The standard InChI is InChI=1S/C18H14F4N2O3S/c1-9-4-13(25)17-15(28(24,26)18(20,21)22)3-2-14(16(9)17)27-12-6-10(8-23)5-11(19)7-12/h2-3,5-7,9,13,24-25H,4H2,1H3/t9-,13+,28?/m0/s1. The zero-order valence-electron chi connectivity index (χ0n) is 14.4. The van der Waals surface area contributed by atoms with Gasteiger partial charge in [-0.3, -0.25) is 0 Å². The van der Waals surface area contributed by atoms with Crippen LogP contribution in [0, 0.1) is 21.9 Å². The molecule has 3 atom stereocenters. The number of nitriles is 1. The zero-order valence-corrected chi connectivity index (χ0v) is 15.2. The first kappa shape index (κ1) is 20.1. The number of aliphatic hydroxyl groups is 1. The van der Waals surface area contributed by atoms with E-state index in [-0.39, 0.29) is 34.6 Å². The molecule has 2 aromatic rings. The van der Waals surface area contributed by atoms with Crippen LogP contribution in [-0.4, -0.2) is 14.8 Å². The Hall–Kier alpha value is -2.64. The Balaban J connectivity index is 2.17. The first-order valence-electron chi connectivity index (χ1n) is 8.04. The van der Waals surface area contributed by atoms with Crippen molar-refractivity contribution in [1.82, 2.24) is 0 Å². The van der Waals surface area contributed by atoms with Gasteiger partial charge in [0.1, 0.15) is 17.3 Å². The van der Waals surface area contributed by atoms with Crippen LogP contribution in [0.4, 0.5) is 17.6 Å². The van der Waals surface area contributed by atoms with E-state index in [2.05, 4.69) is 0 Å². The van der Waals surface area contributed by atoms with Gasteiger partial charge in [-0.25, -0.2) is 13.4 Å². The molecule has 3 rings (SSSR count). The molecule has 0 saturated heterocycles. The molecule has 0 spiro atoms. The number of fused-ring (bicyclic) bond motifs is 1. The van der Waals surface area contributed by atoms with Crippen molar-refractivity contribution in [2.75, 3.05) is 0 Å². The van der Waals surface area contributed by atoms with Gasteiger partial charge in [0.05, 0.1) is 22.6 Å². The number of benzene rings is 2. The lowest BCUT2D eigenvalue weighted by atomic mass is 10.0. The minimum absolute atomic E-state index is 0.0115. The van der Waals surface area contributed by atoms with E-state index in [1.807, 2.05) is 0 Å². The molecule has 0 aliphatic heterocycles. The van der Waals surface area contributed by atoms with Crippen LogP contribution in [0.1, 0.15) is 42.1 Å². The molecule has 0 fully saturated rings. The van der Waals surface area contributed by atoms with Crippen molar-refractivity contribution in [1.29, 1.82) is 10.0 Å². The topological polar surface area (TPSA) is 94.2 Å². The molecule has 0 bridgehead atoms. The number of aliphatic hydroxyl groups excluding tert-OH is 1. The van der Waals surface area contributed by atoms with E-state index >= 15 is 0 Å². The number of halogens is 4. The van der Waals surface area contributed by atoms with Gasteiger partial charge >= 0.3 is 5.51 Å². The minimum atomic E-state index is -5.31. The Morgan fingerprint density at radius 3 is 2.57 bits per heavy atom. The van der Waals surface area contributed by atoms with Crippen molar-refractivity contribution in [2.45, 2.75) is 35.8 Å². The van der Waals surface area contributed by atoms with E-state index < -0.39 is 38.0 Å². The van der Waals surface area contributed by atoms with Crippen LogP contribution in [0.5, 0.6) is 11.5 Å². The Morgan fingerprint density at radius 1 is 1.29 bits per heavy atom. The van der Waals surface area contributed by atoms with Gasteiger partial charge in [-0.15, -0.1) is 0 Å². The third-order valence-corrected chi connectivity index (χ3v) is 6.10. The third-order valence-electron chi connectivity index (χ3n) is 4.47. The van der Waals surface area contributed by atoms with Gasteiger partial charge in [0, 0.05) is 17.2 Å². The van der Waals surface area contributed by atoms with E-state index in [1.165, 1.54) is 6.07 Å². The number of ether oxygens (including phenoxy) is 1. The normalized spacial score (nSPS) is 20.9.